The third kappa shape index (κ3) is 4.68. The quantitative estimate of drug-likeness (QED) is 0.295. The molecule has 0 unspecified atom stereocenters. The topological polar surface area (TPSA) is 119 Å². The molecule has 0 bridgehead atoms. The predicted molar refractivity (Wildman–Crippen MR) is 157 cm³/mol. The number of hydrogen-bond donors (Lipinski definition) is 3. The molecule has 0 spiro atoms. The average molecular weight is 536 g/mol. The molecule has 6 heterocycles. The number of rotatable bonds is 5. The highest BCUT2D eigenvalue weighted by atomic mass is 16.1. The predicted octanol–water partition coefficient (Wildman–Crippen LogP) is 4.83. The number of carbonyl (C=O) groups excluding carboxylic acids is 1. The Morgan fingerprint density at radius 1 is 0.950 bits per heavy atom. The Balaban J connectivity index is 1.19. The zero-order valence-corrected chi connectivity index (χ0v) is 22.7. The van der Waals surface area contributed by atoms with E-state index in [4.69, 9.17) is 4.98 Å². The number of nitrogens with one attached hydrogen (secondary N) is 3. The fraction of sp³-hybridized carbons (Fsp3) is 0.367. The summed E-state index contributed by atoms with van der Waals surface area (Å²) < 4.78 is 0. The summed E-state index contributed by atoms with van der Waals surface area (Å²) in [7, 11) is 2.16. The van der Waals surface area contributed by atoms with Gasteiger partial charge in [0, 0.05) is 72.6 Å². The molecule has 1 aliphatic heterocycles. The molecule has 40 heavy (non-hydrogen) atoms. The van der Waals surface area contributed by atoms with Crippen LogP contribution in [-0.2, 0) is 4.79 Å². The van der Waals surface area contributed by atoms with Gasteiger partial charge in [-0.2, -0.15) is 5.10 Å². The minimum Gasteiger partial charge on any atom is -0.353 e. The Morgan fingerprint density at radius 2 is 1.77 bits per heavy atom. The molecule has 3 N–H and O–H groups in total. The number of nitrogens with zero attached hydrogens (tertiary/aromatic N) is 6. The zero-order chi connectivity index (χ0) is 27.1. The summed E-state index contributed by atoms with van der Waals surface area (Å²) in [6, 6.07) is 8.19. The Kier molecular flexibility index (Phi) is 6.39. The second-order valence-corrected chi connectivity index (χ2v) is 11.0. The van der Waals surface area contributed by atoms with E-state index in [2.05, 4.69) is 59.4 Å². The summed E-state index contributed by atoms with van der Waals surface area (Å²) in [5, 5.41) is 12.8. The Labute approximate surface area is 232 Å². The monoisotopic (exact) mass is 535 g/mol. The first-order valence-electron chi connectivity index (χ1n) is 14.1. The van der Waals surface area contributed by atoms with E-state index in [1.54, 1.807) is 12.4 Å². The maximum absolute atomic E-state index is 12.8. The van der Waals surface area contributed by atoms with Crippen LogP contribution in [0.1, 0.15) is 32.1 Å². The number of pyridine rings is 3. The molecule has 10 heteroatoms. The number of H-pyrrole nitrogens is 2. The van der Waals surface area contributed by atoms with Crippen LogP contribution in [0.5, 0.6) is 0 Å². The van der Waals surface area contributed by atoms with Crippen LogP contribution >= 0.6 is 0 Å². The average Bonchev–Trinajstić information content (AvgIpc) is 3.62. The van der Waals surface area contributed by atoms with Gasteiger partial charge < -0.3 is 20.1 Å². The van der Waals surface area contributed by atoms with Crippen LogP contribution in [0, 0.1) is 5.92 Å². The third-order valence-electron chi connectivity index (χ3n) is 8.32. The highest BCUT2D eigenvalue weighted by molar-refractivity contribution is 5.99. The second kappa shape index (κ2) is 10.3. The van der Waals surface area contributed by atoms with Gasteiger partial charge in [-0.15, -0.1) is 0 Å². The maximum atomic E-state index is 12.8. The Hall–Kier alpha value is -4.31. The standard InChI is InChI=1S/C30H33N9O/c1-38-9-11-39(12-10-38)29-23-15-26(35-25(23)7-8-32-29)27-24-14-21(17-33-28(24)37-36-27)20-13-22(18-31-16-20)34-30(40)19-5-3-2-4-6-19/h7-8,13-19,35H,2-6,9-12H2,1H3,(H,34,40)(H,33,36,37). The number of aromatic amines is 2. The highest BCUT2D eigenvalue weighted by Gasteiger charge is 2.22. The van der Waals surface area contributed by atoms with Crippen molar-refractivity contribution < 1.29 is 4.79 Å². The first-order valence-corrected chi connectivity index (χ1v) is 14.1. The van der Waals surface area contributed by atoms with Crippen molar-refractivity contribution in [1.82, 2.24) is 35.0 Å². The van der Waals surface area contributed by atoms with Crippen molar-refractivity contribution in [2.75, 3.05) is 43.4 Å². The molecule has 2 aliphatic rings. The lowest BCUT2D eigenvalue weighted by molar-refractivity contribution is -0.120. The molecule has 1 amide bonds. The molecular weight excluding hydrogens is 502 g/mol. The van der Waals surface area contributed by atoms with Crippen LogP contribution in [0.3, 0.4) is 0 Å². The van der Waals surface area contributed by atoms with Gasteiger partial charge in [0.15, 0.2) is 5.65 Å². The number of amides is 1. The molecule has 0 radical (unpaired) electrons. The van der Waals surface area contributed by atoms with E-state index in [9.17, 15) is 4.79 Å². The molecule has 5 aromatic rings. The largest absolute Gasteiger partial charge is 0.353 e. The normalized spacial score (nSPS) is 17.1. The van der Waals surface area contributed by atoms with Gasteiger partial charge in [-0.3, -0.25) is 14.9 Å². The van der Waals surface area contributed by atoms with E-state index in [-0.39, 0.29) is 11.8 Å². The smallest absolute Gasteiger partial charge is 0.227 e. The summed E-state index contributed by atoms with van der Waals surface area (Å²) in [6.45, 7) is 3.95. The van der Waals surface area contributed by atoms with Crippen molar-refractivity contribution in [3.63, 3.8) is 0 Å². The minimum absolute atomic E-state index is 0.0900. The number of carbonyl (C=O) groups is 1. The summed E-state index contributed by atoms with van der Waals surface area (Å²) >= 11 is 0. The van der Waals surface area contributed by atoms with Gasteiger partial charge in [0.25, 0.3) is 0 Å². The van der Waals surface area contributed by atoms with Gasteiger partial charge in [0.05, 0.1) is 23.1 Å². The number of aromatic nitrogens is 6. The zero-order valence-electron chi connectivity index (χ0n) is 22.7. The van der Waals surface area contributed by atoms with Gasteiger partial charge in [-0.25, -0.2) is 9.97 Å². The molecule has 204 valence electrons. The van der Waals surface area contributed by atoms with Gasteiger partial charge in [0.2, 0.25) is 5.91 Å². The van der Waals surface area contributed by atoms with E-state index in [1.165, 1.54) is 6.42 Å². The van der Waals surface area contributed by atoms with E-state index >= 15 is 0 Å². The third-order valence-corrected chi connectivity index (χ3v) is 8.32. The van der Waals surface area contributed by atoms with Gasteiger partial charge in [0.1, 0.15) is 11.5 Å². The van der Waals surface area contributed by atoms with E-state index < -0.39 is 0 Å². The molecular formula is C30H33N9O. The SMILES string of the molecule is CN1CCN(c2nccc3[nH]c(-c4n[nH]c5ncc(-c6cncc(NC(=O)C7CCCCC7)c6)cc45)cc23)CC1. The van der Waals surface area contributed by atoms with Crippen LogP contribution in [0.4, 0.5) is 11.5 Å². The van der Waals surface area contributed by atoms with Crippen molar-refractivity contribution in [2.24, 2.45) is 5.92 Å². The lowest BCUT2D eigenvalue weighted by Gasteiger charge is -2.33. The van der Waals surface area contributed by atoms with Crippen LogP contribution in [0.25, 0.3) is 44.5 Å². The molecule has 1 saturated heterocycles. The molecule has 1 aliphatic carbocycles. The van der Waals surface area contributed by atoms with Crippen LogP contribution < -0.4 is 10.2 Å². The number of hydrogen-bond acceptors (Lipinski definition) is 7. The van der Waals surface area contributed by atoms with E-state index in [0.717, 1.165) is 96.5 Å². The van der Waals surface area contributed by atoms with E-state index in [1.807, 2.05) is 24.5 Å². The molecule has 0 atom stereocenters. The maximum Gasteiger partial charge on any atom is 0.227 e. The van der Waals surface area contributed by atoms with Crippen LogP contribution in [0.15, 0.2) is 49.1 Å². The lowest BCUT2D eigenvalue weighted by Crippen LogP contribution is -2.44. The fourth-order valence-electron chi connectivity index (χ4n) is 5.98. The first kappa shape index (κ1) is 24.7. The van der Waals surface area contributed by atoms with Gasteiger partial charge in [-0.1, -0.05) is 19.3 Å². The molecule has 7 rings (SSSR count). The molecule has 5 aromatic heterocycles. The van der Waals surface area contributed by atoms with E-state index in [0.29, 0.717) is 11.3 Å². The molecule has 10 nitrogen and oxygen atoms in total. The summed E-state index contributed by atoms with van der Waals surface area (Å²) in [6.07, 6.45) is 12.6. The number of fused-ring (bicyclic) bond motifs is 2. The van der Waals surface area contributed by atoms with Gasteiger partial charge >= 0.3 is 0 Å². The number of anilines is 2. The number of likely N-dealkylation sites (N-methyl/N-ethyl adjacent to an activating group) is 1. The summed E-state index contributed by atoms with van der Waals surface area (Å²) in [5.74, 6) is 1.19. The lowest BCUT2D eigenvalue weighted by atomic mass is 9.88. The number of piperazine rings is 1. The van der Waals surface area contributed by atoms with Crippen molar-refractivity contribution in [3.8, 4) is 22.5 Å². The van der Waals surface area contributed by atoms with Crippen molar-refractivity contribution in [3.05, 3.63) is 49.1 Å². The minimum atomic E-state index is 0.0900. The van der Waals surface area contributed by atoms with Crippen LogP contribution in [0.2, 0.25) is 0 Å². The molecule has 1 saturated carbocycles. The highest BCUT2D eigenvalue weighted by Crippen LogP contribution is 2.34. The Morgan fingerprint density at radius 3 is 2.62 bits per heavy atom. The van der Waals surface area contributed by atoms with Gasteiger partial charge in [-0.05, 0) is 44.2 Å². The van der Waals surface area contributed by atoms with Crippen molar-refractivity contribution in [1.29, 1.82) is 0 Å². The van der Waals surface area contributed by atoms with Crippen molar-refractivity contribution in [2.45, 2.75) is 32.1 Å². The fourth-order valence-corrected chi connectivity index (χ4v) is 5.98. The van der Waals surface area contributed by atoms with Crippen molar-refractivity contribution >= 4 is 39.3 Å². The molecule has 2 fully saturated rings. The Bertz CT molecular complexity index is 1680. The second-order valence-electron chi connectivity index (χ2n) is 11.0. The first-order chi connectivity index (χ1) is 19.6. The van der Waals surface area contributed by atoms with Crippen LogP contribution in [-0.4, -0.2) is 74.2 Å². The molecule has 0 aromatic carbocycles. The summed E-state index contributed by atoms with van der Waals surface area (Å²) in [4.78, 5) is 34.8. The summed E-state index contributed by atoms with van der Waals surface area (Å²) in [5.41, 5.74) is 5.97.